The average Bonchev–Trinajstić information content (AvgIpc) is 2.89. The minimum absolute atomic E-state index is 0.211. The fourth-order valence-corrected chi connectivity index (χ4v) is 1.71. The molecule has 1 aromatic heterocycles. The van der Waals surface area contributed by atoms with Gasteiger partial charge in [-0.25, -0.2) is 4.98 Å². The van der Waals surface area contributed by atoms with Crippen molar-refractivity contribution in [3.63, 3.8) is 0 Å². The number of nitrogens with zero attached hydrogens (tertiary/aromatic N) is 3. The van der Waals surface area contributed by atoms with Crippen molar-refractivity contribution in [1.82, 2.24) is 20.1 Å². The van der Waals surface area contributed by atoms with Gasteiger partial charge in [0.05, 0.1) is 19.7 Å². The van der Waals surface area contributed by atoms with Crippen LogP contribution in [-0.4, -0.2) is 28.9 Å². The van der Waals surface area contributed by atoms with Gasteiger partial charge in [0, 0.05) is 0 Å². The van der Waals surface area contributed by atoms with E-state index in [-0.39, 0.29) is 6.04 Å². The molecule has 0 spiro atoms. The van der Waals surface area contributed by atoms with E-state index in [9.17, 15) is 0 Å². The van der Waals surface area contributed by atoms with Crippen LogP contribution in [0.15, 0.2) is 36.9 Å². The van der Waals surface area contributed by atoms with Gasteiger partial charge in [-0.15, -0.1) is 0 Å². The summed E-state index contributed by atoms with van der Waals surface area (Å²) in [6.07, 6.45) is 3.26. The maximum atomic E-state index is 5.14. The predicted molar refractivity (Wildman–Crippen MR) is 64.8 cm³/mol. The third-order valence-corrected chi connectivity index (χ3v) is 2.70. The molecular weight excluding hydrogens is 216 g/mol. The summed E-state index contributed by atoms with van der Waals surface area (Å²) in [6, 6.07) is 8.23. The number of ether oxygens (including phenoxy) is 1. The molecule has 5 nitrogen and oxygen atoms in total. The maximum Gasteiger partial charge on any atom is 0.137 e. The van der Waals surface area contributed by atoms with Gasteiger partial charge < -0.3 is 10.1 Å². The second-order valence-corrected chi connectivity index (χ2v) is 3.73. The van der Waals surface area contributed by atoms with Crippen LogP contribution in [0, 0.1) is 0 Å². The largest absolute Gasteiger partial charge is 0.497 e. The molecule has 1 N–H and O–H groups in total. The lowest BCUT2D eigenvalue weighted by Gasteiger charge is -2.16. The van der Waals surface area contributed by atoms with E-state index in [1.807, 2.05) is 23.9 Å². The lowest BCUT2D eigenvalue weighted by molar-refractivity contribution is 0.413. The highest BCUT2D eigenvalue weighted by molar-refractivity contribution is 5.29. The van der Waals surface area contributed by atoms with Gasteiger partial charge in [0.25, 0.3) is 0 Å². The zero-order valence-electron chi connectivity index (χ0n) is 10.00. The SMILES string of the molecule is CNC(Cn1cncn1)c1ccc(OC)cc1. The molecule has 0 aliphatic rings. The summed E-state index contributed by atoms with van der Waals surface area (Å²) in [5, 5.41) is 7.37. The van der Waals surface area contributed by atoms with E-state index < -0.39 is 0 Å². The number of hydrogen-bond donors (Lipinski definition) is 1. The van der Waals surface area contributed by atoms with E-state index in [0.29, 0.717) is 0 Å². The highest BCUT2D eigenvalue weighted by atomic mass is 16.5. The molecule has 0 bridgehead atoms. The molecule has 1 heterocycles. The minimum Gasteiger partial charge on any atom is -0.497 e. The van der Waals surface area contributed by atoms with E-state index in [1.54, 1.807) is 19.8 Å². The Hall–Kier alpha value is -1.88. The fourth-order valence-electron chi connectivity index (χ4n) is 1.71. The molecule has 0 radical (unpaired) electrons. The van der Waals surface area contributed by atoms with Crippen molar-refractivity contribution in [3.05, 3.63) is 42.5 Å². The van der Waals surface area contributed by atoms with Gasteiger partial charge in [0.2, 0.25) is 0 Å². The van der Waals surface area contributed by atoms with Crippen LogP contribution in [0.25, 0.3) is 0 Å². The van der Waals surface area contributed by atoms with Crippen LogP contribution in [0.2, 0.25) is 0 Å². The molecule has 2 aromatic rings. The highest BCUT2D eigenvalue weighted by Gasteiger charge is 2.10. The summed E-state index contributed by atoms with van der Waals surface area (Å²) in [7, 11) is 3.60. The molecule has 0 amide bonds. The lowest BCUT2D eigenvalue weighted by Crippen LogP contribution is -2.22. The molecule has 0 saturated heterocycles. The molecule has 17 heavy (non-hydrogen) atoms. The van der Waals surface area contributed by atoms with Crippen LogP contribution in [0.4, 0.5) is 0 Å². The zero-order chi connectivity index (χ0) is 12.1. The Kier molecular flexibility index (Phi) is 3.72. The van der Waals surface area contributed by atoms with Crippen LogP contribution in [-0.2, 0) is 6.54 Å². The predicted octanol–water partition coefficient (Wildman–Crippen LogP) is 1.25. The van der Waals surface area contributed by atoms with Crippen molar-refractivity contribution < 1.29 is 4.74 Å². The number of methoxy groups -OCH3 is 1. The van der Waals surface area contributed by atoms with E-state index >= 15 is 0 Å². The van der Waals surface area contributed by atoms with Crippen LogP contribution < -0.4 is 10.1 Å². The molecule has 0 saturated carbocycles. The molecule has 90 valence electrons. The highest BCUT2D eigenvalue weighted by Crippen LogP contribution is 2.18. The van der Waals surface area contributed by atoms with Crippen molar-refractivity contribution >= 4 is 0 Å². The van der Waals surface area contributed by atoms with Crippen molar-refractivity contribution in [1.29, 1.82) is 0 Å². The van der Waals surface area contributed by atoms with Gasteiger partial charge in [0.15, 0.2) is 0 Å². The lowest BCUT2D eigenvalue weighted by atomic mass is 10.1. The van der Waals surface area contributed by atoms with Crippen molar-refractivity contribution in [3.8, 4) is 5.75 Å². The third kappa shape index (κ3) is 2.82. The van der Waals surface area contributed by atoms with Gasteiger partial charge in [-0.05, 0) is 24.7 Å². The second-order valence-electron chi connectivity index (χ2n) is 3.73. The monoisotopic (exact) mass is 232 g/mol. The number of likely N-dealkylation sites (N-methyl/N-ethyl adjacent to an activating group) is 1. The number of benzene rings is 1. The summed E-state index contributed by atoms with van der Waals surface area (Å²) in [4.78, 5) is 3.93. The first kappa shape index (κ1) is 11.6. The van der Waals surface area contributed by atoms with Gasteiger partial charge in [-0.3, -0.25) is 4.68 Å². The Morgan fingerprint density at radius 1 is 1.35 bits per heavy atom. The zero-order valence-corrected chi connectivity index (χ0v) is 10.00. The molecule has 0 fully saturated rings. The Balaban J connectivity index is 2.11. The van der Waals surface area contributed by atoms with Crippen molar-refractivity contribution in [2.24, 2.45) is 0 Å². The van der Waals surface area contributed by atoms with E-state index in [4.69, 9.17) is 4.74 Å². The molecular formula is C12H16N4O. The quantitative estimate of drug-likeness (QED) is 0.843. The standard InChI is InChI=1S/C12H16N4O/c1-13-12(7-16-9-14-8-15-16)10-3-5-11(17-2)6-4-10/h3-6,8-9,12-13H,7H2,1-2H3. The summed E-state index contributed by atoms with van der Waals surface area (Å²) in [5.74, 6) is 0.865. The normalized spacial score (nSPS) is 12.4. The number of hydrogen-bond acceptors (Lipinski definition) is 4. The number of aromatic nitrogens is 3. The Labute approximate surface area is 100 Å². The van der Waals surface area contributed by atoms with Gasteiger partial charge >= 0.3 is 0 Å². The van der Waals surface area contributed by atoms with Crippen LogP contribution >= 0.6 is 0 Å². The molecule has 1 aromatic carbocycles. The Morgan fingerprint density at radius 3 is 2.65 bits per heavy atom. The summed E-state index contributed by atoms with van der Waals surface area (Å²) in [5.41, 5.74) is 1.20. The second kappa shape index (κ2) is 5.45. The smallest absolute Gasteiger partial charge is 0.137 e. The molecule has 5 heteroatoms. The van der Waals surface area contributed by atoms with Crippen LogP contribution in [0.1, 0.15) is 11.6 Å². The molecule has 1 atom stereocenters. The average molecular weight is 232 g/mol. The third-order valence-electron chi connectivity index (χ3n) is 2.70. The van der Waals surface area contributed by atoms with Crippen molar-refractivity contribution in [2.45, 2.75) is 12.6 Å². The van der Waals surface area contributed by atoms with Gasteiger partial charge in [-0.2, -0.15) is 5.10 Å². The topological polar surface area (TPSA) is 52.0 Å². The number of nitrogens with one attached hydrogen (secondary N) is 1. The molecule has 1 unspecified atom stereocenters. The first-order chi connectivity index (χ1) is 8.33. The molecule has 0 aliphatic heterocycles. The van der Waals surface area contributed by atoms with E-state index in [2.05, 4.69) is 27.5 Å². The first-order valence-electron chi connectivity index (χ1n) is 5.47. The summed E-state index contributed by atoms with van der Waals surface area (Å²) in [6.45, 7) is 0.753. The van der Waals surface area contributed by atoms with Gasteiger partial charge in [-0.1, -0.05) is 12.1 Å². The summed E-state index contributed by atoms with van der Waals surface area (Å²) >= 11 is 0. The minimum atomic E-state index is 0.211. The Morgan fingerprint density at radius 2 is 2.12 bits per heavy atom. The first-order valence-corrected chi connectivity index (χ1v) is 5.47. The molecule has 2 rings (SSSR count). The summed E-state index contributed by atoms with van der Waals surface area (Å²) < 4.78 is 6.95. The maximum absolute atomic E-state index is 5.14. The number of rotatable bonds is 5. The van der Waals surface area contributed by atoms with Crippen LogP contribution in [0.5, 0.6) is 5.75 Å². The van der Waals surface area contributed by atoms with Gasteiger partial charge in [0.1, 0.15) is 18.4 Å². The van der Waals surface area contributed by atoms with E-state index in [0.717, 1.165) is 12.3 Å². The fraction of sp³-hybridized carbons (Fsp3) is 0.333. The van der Waals surface area contributed by atoms with E-state index in [1.165, 1.54) is 5.56 Å². The Bertz CT molecular complexity index is 438. The molecule has 0 aliphatic carbocycles. The van der Waals surface area contributed by atoms with Crippen LogP contribution in [0.3, 0.4) is 0 Å². The van der Waals surface area contributed by atoms with Crippen molar-refractivity contribution in [2.75, 3.05) is 14.2 Å².